The first-order valence-electron chi connectivity index (χ1n) is 11.2. The van der Waals surface area contributed by atoms with Crippen molar-refractivity contribution in [2.24, 2.45) is 0 Å². The number of aromatic nitrogens is 4. The quantitative estimate of drug-likeness (QED) is 0.403. The summed E-state index contributed by atoms with van der Waals surface area (Å²) in [6.45, 7) is 1.82. The number of hydrogen-bond acceptors (Lipinski definition) is 7. The highest BCUT2D eigenvalue weighted by Gasteiger charge is 2.41. The van der Waals surface area contributed by atoms with E-state index in [9.17, 15) is 0 Å². The predicted octanol–water partition coefficient (Wildman–Crippen LogP) is 3.65. The highest BCUT2D eigenvalue weighted by Crippen LogP contribution is 2.41. The number of anilines is 2. The monoisotopic (exact) mass is 445 g/mol. The minimum atomic E-state index is -0.365. The van der Waals surface area contributed by atoms with Crippen LogP contribution in [0, 0.1) is 5.82 Å². The van der Waals surface area contributed by atoms with Crippen LogP contribution in [0.25, 0.3) is 22.2 Å². The van der Waals surface area contributed by atoms with E-state index in [0.29, 0.717) is 22.5 Å². The Bertz CT molecular complexity index is 1300. The van der Waals surface area contributed by atoms with Crippen LogP contribution in [0.2, 0.25) is 0 Å². The zero-order valence-corrected chi connectivity index (χ0v) is 17.9. The third-order valence-electron chi connectivity index (χ3n) is 6.29. The van der Waals surface area contributed by atoms with Gasteiger partial charge in [-0.25, -0.2) is 14.4 Å². The number of nitrogens with two attached hydrogens (primary N) is 1. The third kappa shape index (κ3) is 3.69. The van der Waals surface area contributed by atoms with Crippen LogP contribution in [0.15, 0.2) is 54.9 Å². The molecule has 0 bridgehead atoms. The van der Waals surface area contributed by atoms with Crippen molar-refractivity contribution in [3.05, 3.63) is 66.2 Å². The maximum atomic E-state index is 15.4. The van der Waals surface area contributed by atoms with Gasteiger partial charge < -0.3 is 21.1 Å². The zero-order chi connectivity index (χ0) is 22.4. The molecule has 1 aromatic carbocycles. The molecule has 168 valence electrons. The number of pyridine rings is 2. The van der Waals surface area contributed by atoms with Crippen LogP contribution in [0.3, 0.4) is 0 Å². The van der Waals surface area contributed by atoms with Crippen LogP contribution >= 0.6 is 0 Å². The molecule has 4 N–H and O–H groups in total. The van der Waals surface area contributed by atoms with Crippen molar-refractivity contribution in [3.8, 4) is 11.3 Å². The molecule has 3 atom stereocenters. The van der Waals surface area contributed by atoms with Gasteiger partial charge in [0.25, 0.3) is 0 Å². The number of nitrogen functional groups attached to an aromatic ring is 1. The van der Waals surface area contributed by atoms with E-state index in [4.69, 9.17) is 15.6 Å². The number of nitrogens with one attached hydrogen (secondary N) is 2. The first-order chi connectivity index (χ1) is 16.2. The van der Waals surface area contributed by atoms with E-state index in [0.717, 1.165) is 42.8 Å². The van der Waals surface area contributed by atoms with E-state index in [1.54, 1.807) is 18.5 Å². The second kappa shape index (κ2) is 8.09. The molecular weight excluding hydrogens is 421 g/mol. The van der Waals surface area contributed by atoms with Gasteiger partial charge in [-0.15, -0.1) is 0 Å². The van der Waals surface area contributed by atoms with Gasteiger partial charge in [0.2, 0.25) is 0 Å². The molecule has 2 fully saturated rings. The summed E-state index contributed by atoms with van der Waals surface area (Å²) in [5.41, 5.74) is 8.79. The summed E-state index contributed by atoms with van der Waals surface area (Å²) in [6.07, 6.45) is 5.00. The molecule has 0 radical (unpaired) electrons. The van der Waals surface area contributed by atoms with Crippen LogP contribution in [-0.2, 0) is 4.74 Å². The summed E-state index contributed by atoms with van der Waals surface area (Å²) in [7, 11) is 0. The van der Waals surface area contributed by atoms with E-state index in [1.807, 2.05) is 35.0 Å². The molecule has 5 heterocycles. The van der Waals surface area contributed by atoms with Crippen molar-refractivity contribution in [1.82, 2.24) is 25.1 Å². The van der Waals surface area contributed by atoms with Gasteiger partial charge in [0.15, 0.2) is 6.23 Å². The molecule has 4 aromatic rings. The van der Waals surface area contributed by atoms with Crippen molar-refractivity contribution >= 4 is 22.5 Å². The third-order valence-corrected chi connectivity index (χ3v) is 6.29. The second-order valence-corrected chi connectivity index (χ2v) is 8.46. The maximum absolute atomic E-state index is 15.4. The van der Waals surface area contributed by atoms with Gasteiger partial charge >= 0.3 is 0 Å². The van der Waals surface area contributed by atoms with Gasteiger partial charge in [-0.1, -0.05) is 12.1 Å². The molecule has 33 heavy (non-hydrogen) atoms. The molecule has 2 aliphatic heterocycles. The molecule has 8 nitrogen and oxygen atoms in total. The molecule has 0 amide bonds. The van der Waals surface area contributed by atoms with Crippen LogP contribution < -0.4 is 16.4 Å². The van der Waals surface area contributed by atoms with Crippen molar-refractivity contribution in [3.63, 3.8) is 0 Å². The molecule has 2 saturated heterocycles. The number of benzene rings is 1. The Labute approximate surface area is 190 Å². The standard InChI is InChI=1S/C24H24FN7O/c25-17-12-14(22-24(33-22)30-19-5-1-2-10-28-19)6-7-16(17)21-20-18(8-11-29-23(20)26)32(31-21)15-4-3-9-27-13-15/h1-2,5-8,10-12,15,22,24,27H,3-4,9,13H2,(H2,26,29)(H,28,30)/t15-,22?,24?/m1/s1. The van der Waals surface area contributed by atoms with Gasteiger partial charge in [0, 0.05) is 24.5 Å². The van der Waals surface area contributed by atoms with Crippen LogP contribution in [-0.4, -0.2) is 39.1 Å². The van der Waals surface area contributed by atoms with Crippen molar-refractivity contribution in [1.29, 1.82) is 0 Å². The lowest BCUT2D eigenvalue weighted by molar-refractivity contribution is 0.355. The van der Waals surface area contributed by atoms with Gasteiger partial charge in [0.1, 0.15) is 29.3 Å². The smallest absolute Gasteiger partial charge is 0.160 e. The number of nitrogens with zero attached hydrogens (tertiary/aromatic N) is 4. The van der Waals surface area contributed by atoms with Crippen molar-refractivity contribution < 1.29 is 9.13 Å². The number of rotatable bonds is 5. The molecular formula is C24H24FN7O. The van der Waals surface area contributed by atoms with Crippen LogP contribution in [0.1, 0.15) is 30.6 Å². The van der Waals surface area contributed by atoms with E-state index in [-0.39, 0.29) is 24.2 Å². The summed E-state index contributed by atoms with van der Waals surface area (Å²) < 4.78 is 23.1. The van der Waals surface area contributed by atoms with Crippen molar-refractivity contribution in [2.75, 3.05) is 24.1 Å². The molecule has 2 aliphatic rings. The fraction of sp³-hybridized carbons (Fsp3) is 0.292. The Hall–Kier alpha value is -3.56. The lowest BCUT2D eigenvalue weighted by Gasteiger charge is -2.23. The Balaban J connectivity index is 1.32. The van der Waals surface area contributed by atoms with Gasteiger partial charge in [-0.05, 0) is 55.3 Å². The molecule has 0 spiro atoms. The average molecular weight is 446 g/mol. The van der Waals surface area contributed by atoms with Gasteiger partial charge in [-0.2, -0.15) is 5.10 Å². The maximum Gasteiger partial charge on any atom is 0.160 e. The van der Waals surface area contributed by atoms with E-state index < -0.39 is 0 Å². The second-order valence-electron chi connectivity index (χ2n) is 8.46. The van der Waals surface area contributed by atoms with Gasteiger partial charge in [0.05, 0.1) is 16.9 Å². The Morgan fingerprint density at radius 2 is 2.09 bits per heavy atom. The lowest BCUT2D eigenvalue weighted by atomic mass is 10.0. The predicted molar refractivity (Wildman–Crippen MR) is 124 cm³/mol. The largest absolute Gasteiger partial charge is 0.383 e. The van der Waals surface area contributed by atoms with E-state index in [1.165, 1.54) is 6.07 Å². The minimum absolute atomic E-state index is 0.192. The first-order valence-corrected chi connectivity index (χ1v) is 11.2. The summed E-state index contributed by atoms with van der Waals surface area (Å²) in [5.74, 6) is 0.710. The highest BCUT2D eigenvalue weighted by atomic mass is 19.1. The summed E-state index contributed by atoms with van der Waals surface area (Å²) in [5, 5.41) is 12.1. The van der Waals surface area contributed by atoms with Crippen LogP contribution in [0.5, 0.6) is 0 Å². The number of piperidine rings is 1. The summed E-state index contributed by atoms with van der Waals surface area (Å²) >= 11 is 0. The molecule has 9 heteroatoms. The molecule has 6 rings (SSSR count). The molecule has 0 saturated carbocycles. The minimum Gasteiger partial charge on any atom is -0.383 e. The Kier molecular flexibility index (Phi) is 4.92. The number of halogens is 1. The number of fused-ring (bicyclic) bond motifs is 1. The Morgan fingerprint density at radius 3 is 2.88 bits per heavy atom. The zero-order valence-electron chi connectivity index (χ0n) is 17.9. The summed E-state index contributed by atoms with van der Waals surface area (Å²) in [4.78, 5) is 8.48. The van der Waals surface area contributed by atoms with E-state index >= 15 is 4.39 Å². The number of ether oxygens (including phenoxy) is 1. The summed E-state index contributed by atoms with van der Waals surface area (Å²) in [6, 6.07) is 12.8. The SMILES string of the molecule is Nc1nccc2c1c(-c1ccc(C3OC3Nc3ccccn3)cc1F)nn2[C@@H]1CCCNC1. The lowest BCUT2D eigenvalue weighted by Crippen LogP contribution is -2.32. The fourth-order valence-corrected chi connectivity index (χ4v) is 4.59. The average Bonchev–Trinajstić information content (AvgIpc) is 3.50. The molecule has 3 aromatic heterocycles. The fourth-order valence-electron chi connectivity index (χ4n) is 4.59. The molecule has 0 aliphatic carbocycles. The van der Waals surface area contributed by atoms with Gasteiger partial charge in [-0.3, -0.25) is 4.68 Å². The van der Waals surface area contributed by atoms with E-state index in [2.05, 4.69) is 20.6 Å². The Morgan fingerprint density at radius 1 is 1.15 bits per heavy atom. The normalized spacial score (nSPS) is 22.4. The van der Waals surface area contributed by atoms with Crippen molar-refractivity contribution in [2.45, 2.75) is 31.2 Å². The topological polar surface area (TPSA) is 106 Å². The molecule has 2 unspecified atom stereocenters. The number of epoxide rings is 1. The van der Waals surface area contributed by atoms with Crippen LogP contribution in [0.4, 0.5) is 16.0 Å². The number of hydrogen-bond donors (Lipinski definition) is 3. The first kappa shape index (κ1) is 20.1. The highest BCUT2D eigenvalue weighted by molar-refractivity contribution is 6.00.